The molecule has 0 unspecified atom stereocenters. The lowest BCUT2D eigenvalue weighted by Crippen LogP contribution is -2.63. The Morgan fingerprint density at radius 2 is 1.43 bits per heavy atom. The molecule has 2 saturated heterocycles. The predicted molar refractivity (Wildman–Crippen MR) is 132 cm³/mol. The van der Waals surface area contributed by atoms with Crippen molar-refractivity contribution in [2.75, 3.05) is 40.0 Å². The Bertz CT molecular complexity index is 1100. The molecule has 0 N–H and O–H groups in total. The van der Waals surface area contributed by atoms with Gasteiger partial charge in [-0.3, -0.25) is 24.0 Å². The van der Waals surface area contributed by atoms with Gasteiger partial charge in [-0.05, 0) is 18.2 Å². The molecule has 40 heavy (non-hydrogen) atoms. The first kappa shape index (κ1) is 30.6. The highest BCUT2D eigenvalue weighted by molar-refractivity contribution is 5.95. The lowest BCUT2D eigenvalue weighted by Gasteiger charge is -2.44. The van der Waals surface area contributed by atoms with Crippen LogP contribution < -0.4 is 9.47 Å². The van der Waals surface area contributed by atoms with Gasteiger partial charge in [0.25, 0.3) is 5.91 Å². The molecule has 0 radical (unpaired) electrons. The van der Waals surface area contributed by atoms with E-state index in [2.05, 4.69) is 0 Å². The second-order valence-corrected chi connectivity index (χ2v) is 8.96. The van der Waals surface area contributed by atoms with Crippen molar-refractivity contribution in [3.63, 3.8) is 0 Å². The summed E-state index contributed by atoms with van der Waals surface area (Å²) in [6.07, 6.45) is -6.76. The van der Waals surface area contributed by atoms with E-state index in [1.165, 1.54) is 32.2 Å². The Morgan fingerprint density at radius 1 is 0.825 bits per heavy atom. The molecule has 1 amide bonds. The van der Waals surface area contributed by atoms with Crippen LogP contribution in [0, 0.1) is 0 Å². The molecule has 2 fully saturated rings. The molecule has 2 aliphatic rings. The van der Waals surface area contributed by atoms with Gasteiger partial charge in [-0.25, -0.2) is 0 Å². The summed E-state index contributed by atoms with van der Waals surface area (Å²) in [6.45, 7) is 5.92. The van der Waals surface area contributed by atoms with Crippen molar-refractivity contribution in [3.8, 4) is 11.5 Å². The third-order valence-electron chi connectivity index (χ3n) is 5.90. The summed E-state index contributed by atoms with van der Waals surface area (Å²) in [5.74, 6) is -2.89. The van der Waals surface area contributed by atoms with E-state index in [1.54, 1.807) is 4.90 Å². The highest BCUT2D eigenvalue weighted by Crippen LogP contribution is 2.35. The summed E-state index contributed by atoms with van der Waals surface area (Å²) in [6, 6.07) is 4.49. The lowest BCUT2D eigenvalue weighted by molar-refractivity contribution is -0.288. The van der Waals surface area contributed by atoms with Gasteiger partial charge < -0.3 is 42.8 Å². The van der Waals surface area contributed by atoms with Crippen molar-refractivity contribution < 1.29 is 61.9 Å². The van der Waals surface area contributed by atoms with Gasteiger partial charge in [-0.1, -0.05) is 0 Å². The smallest absolute Gasteiger partial charge is 0.303 e. The van der Waals surface area contributed by atoms with Crippen LogP contribution in [0.2, 0.25) is 0 Å². The van der Waals surface area contributed by atoms with Crippen LogP contribution in [0.5, 0.6) is 11.5 Å². The molecule has 0 aliphatic carbocycles. The Kier molecular flexibility index (Phi) is 10.7. The number of hydrogen-bond acceptors (Lipinski definition) is 13. The van der Waals surface area contributed by atoms with Crippen molar-refractivity contribution in [1.82, 2.24) is 4.90 Å². The van der Waals surface area contributed by atoms with Gasteiger partial charge in [0.2, 0.25) is 12.4 Å². The van der Waals surface area contributed by atoms with E-state index in [-0.39, 0.29) is 17.4 Å². The van der Waals surface area contributed by atoms with Gasteiger partial charge >= 0.3 is 23.9 Å². The number of carbonyl (C=O) groups excluding carboxylic acids is 5. The molecule has 1 aromatic carbocycles. The number of esters is 4. The van der Waals surface area contributed by atoms with Gasteiger partial charge in [0.1, 0.15) is 12.7 Å². The molecule has 5 atom stereocenters. The predicted octanol–water partition coefficient (Wildman–Crippen LogP) is 0.630. The molecule has 220 valence electrons. The highest BCUT2D eigenvalue weighted by Gasteiger charge is 2.53. The summed E-state index contributed by atoms with van der Waals surface area (Å²) in [4.78, 5) is 62.0. The average molecular weight is 568 g/mol. The zero-order chi connectivity index (χ0) is 29.4. The van der Waals surface area contributed by atoms with Crippen LogP contribution in [-0.2, 0) is 47.6 Å². The maximum absolute atomic E-state index is 12.9. The number of ether oxygens (including phenoxy) is 8. The van der Waals surface area contributed by atoms with Crippen LogP contribution in [0.3, 0.4) is 0 Å². The minimum atomic E-state index is -1.45. The molecule has 0 saturated carbocycles. The first-order valence-electron chi connectivity index (χ1n) is 12.5. The van der Waals surface area contributed by atoms with Crippen molar-refractivity contribution in [2.45, 2.75) is 58.4 Å². The first-order valence-corrected chi connectivity index (χ1v) is 12.5. The van der Waals surface area contributed by atoms with E-state index >= 15 is 0 Å². The molecule has 2 heterocycles. The van der Waals surface area contributed by atoms with Crippen LogP contribution in [0.1, 0.15) is 38.1 Å². The van der Waals surface area contributed by atoms with Crippen molar-refractivity contribution in [2.24, 2.45) is 0 Å². The minimum absolute atomic E-state index is 0.0990. The zero-order valence-electron chi connectivity index (χ0n) is 22.9. The topological polar surface area (TPSA) is 162 Å². The summed E-state index contributed by atoms with van der Waals surface area (Å²) < 4.78 is 44.0. The number of rotatable bonds is 9. The molecule has 2 aliphatic heterocycles. The monoisotopic (exact) mass is 567 g/mol. The molecule has 14 heteroatoms. The van der Waals surface area contributed by atoms with E-state index in [4.69, 9.17) is 37.9 Å². The summed E-state index contributed by atoms with van der Waals surface area (Å²) in [7, 11) is 1.37. The third-order valence-corrected chi connectivity index (χ3v) is 5.90. The van der Waals surface area contributed by atoms with Crippen LogP contribution in [0.15, 0.2) is 18.2 Å². The molecule has 3 rings (SSSR count). The van der Waals surface area contributed by atoms with Gasteiger partial charge in [0.05, 0.1) is 20.3 Å². The molecule has 14 nitrogen and oxygen atoms in total. The van der Waals surface area contributed by atoms with Crippen LogP contribution >= 0.6 is 0 Å². The Morgan fingerprint density at radius 3 is 2.00 bits per heavy atom. The molecule has 0 bridgehead atoms. The van der Waals surface area contributed by atoms with Crippen LogP contribution in [-0.4, -0.2) is 105 Å². The number of morpholine rings is 1. The van der Waals surface area contributed by atoms with Crippen molar-refractivity contribution in [3.05, 3.63) is 23.8 Å². The van der Waals surface area contributed by atoms with E-state index in [1.807, 2.05) is 0 Å². The largest absolute Gasteiger partial charge is 0.493 e. The van der Waals surface area contributed by atoms with E-state index < -0.39 is 61.2 Å². The molecular formula is C26H33NO13. The van der Waals surface area contributed by atoms with Gasteiger partial charge in [-0.15, -0.1) is 0 Å². The number of methoxy groups -OCH3 is 1. The summed E-state index contributed by atoms with van der Waals surface area (Å²) >= 11 is 0. The standard InChI is InChI=1S/C26H33NO13/c1-14(28)35-13-21-22(36-15(2)29)23(37-16(3)30)24(38-17(4)31)26(40-21)39-19-7-6-18(12-20(19)33-5)25(32)27-8-10-34-11-9-27/h6-7,12,21-24,26H,8-11,13H2,1-5H3/t21-,22+,23-,24+,26-/m0/s1. The number of nitrogens with zero attached hydrogens (tertiary/aromatic N) is 1. The SMILES string of the molecule is COc1cc(C(=O)N2CCOCC2)ccc1O[C@H]1O[C@@H](COC(C)=O)[C@@H](OC(C)=O)[C@H](OC(C)=O)[C@H]1OC(C)=O. The number of benzene rings is 1. The minimum Gasteiger partial charge on any atom is -0.493 e. The van der Waals surface area contributed by atoms with Crippen LogP contribution in [0.25, 0.3) is 0 Å². The highest BCUT2D eigenvalue weighted by atomic mass is 16.7. The van der Waals surface area contributed by atoms with Gasteiger partial charge in [0, 0.05) is 46.3 Å². The van der Waals surface area contributed by atoms with E-state index in [0.29, 0.717) is 31.9 Å². The van der Waals surface area contributed by atoms with Crippen molar-refractivity contribution in [1.29, 1.82) is 0 Å². The molecule has 0 spiro atoms. The maximum Gasteiger partial charge on any atom is 0.303 e. The van der Waals surface area contributed by atoms with Gasteiger partial charge in [-0.2, -0.15) is 0 Å². The fourth-order valence-corrected chi connectivity index (χ4v) is 4.26. The second-order valence-electron chi connectivity index (χ2n) is 8.96. The fourth-order valence-electron chi connectivity index (χ4n) is 4.26. The fraction of sp³-hybridized carbons (Fsp3) is 0.577. The van der Waals surface area contributed by atoms with Crippen LogP contribution in [0.4, 0.5) is 0 Å². The zero-order valence-corrected chi connectivity index (χ0v) is 22.9. The lowest BCUT2D eigenvalue weighted by atomic mass is 9.98. The molecule has 1 aromatic rings. The molecular weight excluding hydrogens is 534 g/mol. The Labute approximate surface area is 230 Å². The third kappa shape index (κ3) is 8.05. The average Bonchev–Trinajstić information content (AvgIpc) is 2.90. The summed E-state index contributed by atoms with van der Waals surface area (Å²) in [5.41, 5.74) is 0.340. The van der Waals surface area contributed by atoms with E-state index in [0.717, 1.165) is 20.8 Å². The van der Waals surface area contributed by atoms with Gasteiger partial charge in [0.15, 0.2) is 23.7 Å². The molecule has 0 aromatic heterocycles. The Balaban J connectivity index is 1.96. The first-order chi connectivity index (χ1) is 19.0. The normalized spacial score (nSPS) is 24.3. The second kappa shape index (κ2) is 13.9. The quantitative estimate of drug-likeness (QED) is 0.302. The Hall–Kier alpha value is -3.91. The van der Waals surface area contributed by atoms with E-state index in [9.17, 15) is 24.0 Å². The number of amides is 1. The number of hydrogen-bond donors (Lipinski definition) is 0. The maximum atomic E-state index is 12.9. The van der Waals surface area contributed by atoms with Crippen molar-refractivity contribution >= 4 is 29.8 Å². The summed E-state index contributed by atoms with van der Waals surface area (Å²) in [5, 5.41) is 0. The number of carbonyl (C=O) groups is 5.